The molecule has 12 heteroatoms. The first kappa shape index (κ1) is 32.3. The molecule has 230 valence electrons. The summed E-state index contributed by atoms with van der Waals surface area (Å²) in [5, 5.41) is 4.99. The Morgan fingerprint density at radius 1 is 0.886 bits per heavy atom. The lowest BCUT2D eigenvalue weighted by Gasteiger charge is -2.27. The van der Waals surface area contributed by atoms with E-state index in [0.717, 1.165) is 11.3 Å². The maximum atomic E-state index is 13.6. The fourth-order valence-corrected chi connectivity index (χ4v) is 5.01. The van der Waals surface area contributed by atoms with Crippen LogP contribution in [0, 0.1) is 3.57 Å². The summed E-state index contributed by atoms with van der Waals surface area (Å²) in [7, 11) is 0. The Bertz CT molecular complexity index is 1580. The topological polar surface area (TPSA) is 132 Å². The van der Waals surface area contributed by atoms with Crippen molar-refractivity contribution in [1.29, 1.82) is 0 Å². The lowest BCUT2D eigenvalue weighted by Crippen LogP contribution is -2.54. The summed E-state index contributed by atoms with van der Waals surface area (Å²) in [6.07, 6.45) is 2.16. The lowest BCUT2D eigenvalue weighted by atomic mass is 10.1. The number of nitrogens with zero attached hydrogens (tertiary/aromatic N) is 1. The molecule has 3 aromatic rings. The largest absolute Gasteiger partial charge is 0.490 e. The Hall–Kier alpha value is -4.59. The number of imide groups is 2. The van der Waals surface area contributed by atoms with E-state index in [1.165, 1.54) is 12.1 Å². The van der Waals surface area contributed by atoms with Crippen LogP contribution in [0.4, 0.5) is 16.2 Å². The number of nitrogens with one attached hydrogen (secondary N) is 2. The zero-order chi connectivity index (χ0) is 31.6. The highest BCUT2D eigenvalue weighted by Gasteiger charge is 2.37. The van der Waals surface area contributed by atoms with Crippen LogP contribution in [-0.2, 0) is 14.4 Å². The Kier molecular flexibility index (Phi) is 11.2. The molecule has 1 aliphatic heterocycles. The van der Waals surface area contributed by atoms with E-state index >= 15 is 0 Å². The molecule has 0 bridgehead atoms. The van der Waals surface area contributed by atoms with Gasteiger partial charge in [0.1, 0.15) is 5.57 Å². The highest BCUT2D eigenvalue weighted by Crippen LogP contribution is 2.36. The van der Waals surface area contributed by atoms with Gasteiger partial charge in [-0.3, -0.25) is 19.7 Å². The second-order valence-electron chi connectivity index (χ2n) is 9.34. The van der Waals surface area contributed by atoms with Gasteiger partial charge in [-0.15, -0.1) is 0 Å². The maximum Gasteiger partial charge on any atom is 0.335 e. The highest BCUT2D eigenvalue weighted by molar-refractivity contribution is 14.1. The molecule has 0 aliphatic carbocycles. The van der Waals surface area contributed by atoms with Gasteiger partial charge >= 0.3 is 6.03 Å². The molecule has 0 saturated carbocycles. The second-order valence-corrected chi connectivity index (χ2v) is 10.5. The number of carbonyl (C=O) groups is 4. The summed E-state index contributed by atoms with van der Waals surface area (Å²) in [6, 6.07) is 16.1. The van der Waals surface area contributed by atoms with Crippen LogP contribution in [0.25, 0.3) is 6.08 Å². The van der Waals surface area contributed by atoms with Crippen molar-refractivity contribution in [2.24, 2.45) is 0 Å². The number of carbonyl (C=O) groups excluding carboxylic acids is 4. The number of amides is 5. The van der Waals surface area contributed by atoms with E-state index in [-0.39, 0.29) is 23.8 Å². The third-order valence-electron chi connectivity index (χ3n) is 6.10. The van der Waals surface area contributed by atoms with Crippen molar-refractivity contribution in [3.05, 3.63) is 75.4 Å². The minimum Gasteiger partial charge on any atom is -0.490 e. The van der Waals surface area contributed by atoms with Crippen LogP contribution in [0.3, 0.4) is 0 Å². The zero-order valence-electron chi connectivity index (χ0n) is 24.5. The van der Waals surface area contributed by atoms with Crippen molar-refractivity contribution in [3.63, 3.8) is 0 Å². The molecule has 1 saturated heterocycles. The van der Waals surface area contributed by atoms with E-state index in [2.05, 4.69) is 10.6 Å². The zero-order valence-corrected chi connectivity index (χ0v) is 26.6. The van der Waals surface area contributed by atoms with Crippen molar-refractivity contribution in [1.82, 2.24) is 5.32 Å². The molecule has 0 atom stereocenters. The van der Waals surface area contributed by atoms with Crippen LogP contribution < -0.4 is 34.5 Å². The predicted molar refractivity (Wildman–Crippen MR) is 173 cm³/mol. The number of anilines is 2. The number of rotatable bonds is 13. The van der Waals surface area contributed by atoms with Gasteiger partial charge in [-0.1, -0.05) is 25.1 Å². The summed E-state index contributed by atoms with van der Waals surface area (Å²) >= 11 is 2.03. The SMILES string of the molecule is CCCOc1ccc(N2C(=O)NC(=O)/C(=C\c3cc(I)c(OCC(=O)Nc4ccccc4)c(OCC)c3)C2=O)cc1OCC. The molecule has 4 rings (SSSR count). The van der Waals surface area contributed by atoms with Gasteiger partial charge in [-0.25, -0.2) is 9.69 Å². The normalized spacial score (nSPS) is 13.9. The maximum absolute atomic E-state index is 13.6. The fourth-order valence-electron chi connectivity index (χ4n) is 4.22. The molecule has 11 nitrogen and oxygen atoms in total. The van der Waals surface area contributed by atoms with Gasteiger partial charge in [0, 0.05) is 11.8 Å². The van der Waals surface area contributed by atoms with Crippen LogP contribution >= 0.6 is 22.6 Å². The predicted octanol–water partition coefficient (Wildman–Crippen LogP) is 5.56. The van der Waals surface area contributed by atoms with Crippen molar-refractivity contribution in [3.8, 4) is 23.0 Å². The van der Waals surface area contributed by atoms with E-state index in [9.17, 15) is 19.2 Å². The van der Waals surface area contributed by atoms with E-state index in [1.54, 1.807) is 43.3 Å². The van der Waals surface area contributed by atoms with Crippen LogP contribution in [0.15, 0.2) is 66.2 Å². The summed E-state index contributed by atoms with van der Waals surface area (Å²) in [4.78, 5) is 52.5. The molecule has 1 aliphatic rings. The van der Waals surface area contributed by atoms with E-state index in [0.29, 0.717) is 57.6 Å². The number of hydrogen-bond acceptors (Lipinski definition) is 8. The molecule has 1 fully saturated rings. The van der Waals surface area contributed by atoms with E-state index < -0.39 is 17.8 Å². The average Bonchev–Trinajstić information content (AvgIpc) is 2.99. The molecule has 0 unspecified atom stereocenters. The molecule has 0 spiro atoms. The van der Waals surface area contributed by atoms with Crippen molar-refractivity contribution in [2.45, 2.75) is 27.2 Å². The Morgan fingerprint density at radius 2 is 1.61 bits per heavy atom. The minimum atomic E-state index is -0.885. The Balaban J connectivity index is 1.60. The Labute approximate surface area is 268 Å². The van der Waals surface area contributed by atoms with Crippen molar-refractivity contribution in [2.75, 3.05) is 36.6 Å². The highest BCUT2D eigenvalue weighted by atomic mass is 127. The fraction of sp³-hybridized carbons (Fsp3) is 0.250. The van der Waals surface area contributed by atoms with Gasteiger partial charge in [0.05, 0.1) is 29.1 Å². The number of hydrogen-bond donors (Lipinski definition) is 2. The second kappa shape index (κ2) is 15.2. The van der Waals surface area contributed by atoms with Crippen molar-refractivity contribution < 1.29 is 38.1 Å². The number of halogens is 1. The summed E-state index contributed by atoms with van der Waals surface area (Å²) in [5.74, 6) is -0.503. The van der Waals surface area contributed by atoms with Crippen molar-refractivity contribution >= 4 is 63.8 Å². The lowest BCUT2D eigenvalue weighted by molar-refractivity contribution is -0.122. The molecule has 0 radical (unpaired) electrons. The molecule has 44 heavy (non-hydrogen) atoms. The quantitative estimate of drug-likeness (QED) is 0.134. The van der Waals surface area contributed by atoms with Gasteiger partial charge in [-0.05, 0) is 90.9 Å². The third-order valence-corrected chi connectivity index (χ3v) is 6.90. The molecule has 5 amide bonds. The van der Waals surface area contributed by atoms with Gasteiger partial charge in [0.25, 0.3) is 17.7 Å². The summed E-state index contributed by atoms with van der Waals surface area (Å²) in [5.41, 5.74) is 1.04. The standard InChI is InChI=1S/C32H32IN3O8/c1-4-14-43-25-13-12-22(18-26(25)41-5-2)36-31(39)23(30(38)35-32(36)40)15-20-16-24(33)29(27(17-20)42-6-3)44-19-28(37)34-21-10-8-7-9-11-21/h7-13,15-18H,4-6,14,19H2,1-3H3,(H,34,37)(H,35,38,40)/b23-15+. The first-order valence-electron chi connectivity index (χ1n) is 14.0. The van der Waals surface area contributed by atoms with Crippen LogP contribution in [-0.4, -0.2) is 50.2 Å². The number of para-hydroxylation sites is 1. The van der Waals surface area contributed by atoms with Gasteiger partial charge in [-0.2, -0.15) is 0 Å². The first-order chi connectivity index (χ1) is 21.2. The molecule has 0 aromatic heterocycles. The molecule has 2 N–H and O–H groups in total. The monoisotopic (exact) mass is 713 g/mol. The van der Waals surface area contributed by atoms with Gasteiger partial charge < -0.3 is 24.3 Å². The third kappa shape index (κ3) is 7.86. The van der Waals surface area contributed by atoms with Gasteiger partial charge in [0.2, 0.25) is 0 Å². The minimum absolute atomic E-state index is 0.209. The Morgan fingerprint density at radius 3 is 2.32 bits per heavy atom. The number of urea groups is 1. The number of benzene rings is 3. The first-order valence-corrected chi connectivity index (χ1v) is 15.1. The smallest absolute Gasteiger partial charge is 0.335 e. The summed E-state index contributed by atoms with van der Waals surface area (Å²) < 4.78 is 23.6. The van der Waals surface area contributed by atoms with E-state index in [1.807, 2.05) is 54.6 Å². The number of barbiturate groups is 1. The molecule has 1 heterocycles. The summed E-state index contributed by atoms with van der Waals surface area (Å²) in [6.45, 7) is 6.41. The average molecular weight is 714 g/mol. The van der Waals surface area contributed by atoms with Crippen LogP contribution in [0.1, 0.15) is 32.8 Å². The van der Waals surface area contributed by atoms with Crippen LogP contribution in [0.5, 0.6) is 23.0 Å². The molecule has 3 aromatic carbocycles. The van der Waals surface area contributed by atoms with Gasteiger partial charge in [0.15, 0.2) is 29.6 Å². The molecular weight excluding hydrogens is 681 g/mol. The molecular formula is C32H32IN3O8. The van der Waals surface area contributed by atoms with E-state index in [4.69, 9.17) is 18.9 Å². The number of ether oxygens (including phenoxy) is 4. The van der Waals surface area contributed by atoms with Crippen LogP contribution in [0.2, 0.25) is 0 Å².